The Morgan fingerprint density at radius 3 is 2.69 bits per heavy atom. The zero-order valence-electron chi connectivity index (χ0n) is 14.1. The minimum absolute atomic E-state index is 0.0588. The summed E-state index contributed by atoms with van der Waals surface area (Å²) in [5.41, 5.74) is 2.57. The molecule has 1 N–H and O–H groups in total. The molecule has 1 aromatic heterocycles. The molecular formula is C19H17N3O3S. The largest absolute Gasteiger partial charge is 0.346 e. The van der Waals surface area contributed by atoms with Gasteiger partial charge in [-0.1, -0.05) is 36.4 Å². The fraction of sp³-hybridized carbons (Fsp3) is 0.158. The van der Waals surface area contributed by atoms with Crippen LogP contribution in [0.2, 0.25) is 0 Å². The Hall–Kier alpha value is -3.06. The maximum Gasteiger partial charge on any atom is 0.273 e. The molecule has 2 aromatic carbocycles. The van der Waals surface area contributed by atoms with Crippen molar-refractivity contribution in [1.82, 2.24) is 10.3 Å². The third kappa shape index (κ3) is 4.12. The molecule has 0 spiro atoms. The fourth-order valence-electron chi connectivity index (χ4n) is 2.62. The highest BCUT2D eigenvalue weighted by atomic mass is 32.1. The maximum absolute atomic E-state index is 12.4. The van der Waals surface area contributed by atoms with Gasteiger partial charge in [0, 0.05) is 29.0 Å². The summed E-state index contributed by atoms with van der Waals surface area (Å²) in [6.45, 7) is 1.86. The van der Waals surface area contributed by atoms with Crippen molar-refractivity contribution < 1.29 is 9.72 Å². The molecule has 0 saturated heterocycles. The lowest BCUT2D eigenvalue weighted by molar-refractivity contribution is -0.385. The Bertz CT molecular complexity index is 938. The Kier molecular flexibility index (Phi) is 5.38. The number of nitrogens with one attached hydrogen (secondary N) is 1. The summed E-state index contributed by atoms with van der Waals surface area (Å²) < 4.78 is 0. The normalized spacial score (nSPS) is 10.5. The van der Waals surface area contributed by atoms with Gasteiger partial charge in [-0.2, -0.15) is 0 Å². The average molecular weight is 367 g/mol. The second kappa shape index (κ2) is 7.88. The molecule has 1 heterocycles. The van der Waals surface area contributed by atoms with Gasteiger partial charge in [-0.05, 0) is 18.6 Å². The lowest BCUT2D eigenvalue weighted by atomic mass is 10.1. The summed E-state index contributed by atoms with van der Waals surface area (Å²) in [6.07, 6.45) is 0.753. The Labute approximate surface area is 154 Å². The van der Waals surface area contributed by atoms with E-state index in [1.807, 2.05) is 35.7 Å². The van der Waals surface area contributed by atoms with E-state index in [1.165, 1.54) is 17.7 Å². The summed E-state index contributed by atoms with van der Waals surface area (Å²) in [4.78, 5) is 27.4. The number of amides is 1. The van der Waals surface area contributed by atoms with Crippen LogP contribution in [0.1, 0.15) is 32.2 Å². The standard InChI is InChI=1S/C19H17N3O3S/c1-13-16(8-5-9-17(13)22(24)25)19(23)20-11-15-12-26-18(21-15)10-14-6-3-2-4-7-14/h2-9,12H,10-11H2,1H3,(H,20,23). The van der Waals surface area contributed by atoms with E-state index in [2.05, 4.69) is 10.3 Å². The highest BCUT2D eigenvalue weighted by molar-refractivity contribution is 7.09. The van der Waals surface area contributed by atoms with Gasteiger partial charge in [-0.15, -0.1) is 11.3 Å². The average Bonchev–Trinajstić information content (AvgIpc) is 3.08. The van der Waals surface area contributed by atoms with Gasteiger partial charge in [0.15, 0.2) is 0 Å². The summed E-state index contributed by atoms with van der Waals surface area (Å²) in [7, 11) is 0. The van der Waals surface area contributed by atoms with Gasteiger partial charge < -0.3 is 5.32 Å². The molecule has 3 rings (SSSR count). The molecule has 1 amide bonds. The molecule has 0 atom stereocenters. The number of thiazole rings is 1. The zero-order valence-corrected chi connectivity index (χ0v) is 15.0. The van der Waals surface area contributed by atoms with Crippen LogP contribution < -0.4 is 5.32 Å². The van der Waals surface area contributed by atoms with E-state index in [-0.39, 0.29) is 18.1 Å². The molecule has 6 nitrogen and oxygen atoms in total. The summed E-state index contributed by atoms with van der Waals surface area (Å²) >= 11 is 1.55. The molecule has 0 bridgehead atoms. The first kappa shape index (κ1) is 17.8. The lowest BCUT2D eigenvalue weighted by Gasteiger charge is -2.06. The van der Waals surface area contributed by atoms with E-state index in [0.717, 1.165) is 17.1 Å². The van der Waals surface area contributed by atoms with E-state index < -0.39 is 4.92 Å². The number of nitro benzene ring substituents is 1. The quantitative estimate of drug-likeness (QED) is 0.529. The van der Waals surface area contributed by atoms with Crippen LogP contribution in [0.25, 0.3) is 0 Å². The van der Waals surface area contributed by atoms with Crippen LogP contribution in [0.15, 0.2) is 53.9 Å². The van der Waals surface area contributed by atoms with E-state index >= 15 is 0 Å². The molecule has 0 fully saturated rings. The van der Waals surface area contributed by atoms with Crippen molar-refractivity contribution in [2.45, 2.75) is 19.9 Å². The molecule has 132 valence electrons. The van der Waals surface area contributed by atoms with Crippen LogP contribution >= 0.6 is 11.3 Å². The predicted molar refractivity (Wildman–Crippen MR) is 100 cm³/mol. The van der Waals surface area contributed by atoms with Crippen molar-refractivity contribution in [2.75, 3.05) is 0 Å². The van der Waals surface area contributed by atoms with Gasteiger partial charge in [-0.25, -0.2) is 4.98 Å². The molecule has 0 unspecified atom stereocenters. The topological polar surface area (TPSA) is 85.1 Å². The maximum atomic E-state index is 12.4. The van der Waals surface area contributed by atoms with Crippen molar-refractivity contribution in [3.63, 3.8) is 0 Å². The third-order valence-electron chi connectivity index (χ3n) is 3.97. The predicted octanol–water partition coefficient (Wildman–Crippen LogP) is 3.88. The molecule has 0 saturated carbocycles. The van der Waals surface area contributed by atoms with E-state index in [0.29, 0.717) is 11.1 Å². The van der Waals surface area contributed by atoms with Gasteiger partial charge in [-0.3, -0.25) is 14.9 Å². The van der Waals surface area contributed by atoms with Gasteiger partial charge in [0.05, 0.1) is 22.2 Å². The Morgan fingerprint density at radius 1 is 1.19 bits per heavy atom. The Morgan fingerprint density at radius 2 is 1.96 bits per heavy atom. The highest BCUT2D eigenvalue weighted by Gasteiger charge is 2.17. The smallest absolute Gasteiger partial charge is 0.273 e. The number of carbonyl (C=O) groups excluding carboxylic acids is 1. The summed E-state index contributed by atoms with van der Waals surface area (Å²) in [5, 5.41) is 16.7. The van der Waals surface area contributed by atoms with Crippen molar-refractivity contribution in [3.05, 3.63) is 91.4 Å². The second-order valence-corrected chi connectivity index (χ2v) is 6.73. The van der Waals surface area contributed by atoms with E-state index in [9.17, 15) is 14.9 Å². The van der Waals surface area contributed by atoms with Crippen molar-refractivity contribution >= 4 is 22.9 Å². The molecule has 0 aliphatic carbocycles. The molecule has 0 aliphatic heterocycles. The minimum Gasteiger partial charge on any atom is -0.346 e. The second-order valence-electron chi connectivity index (χ2n) is 5.78. The fourth-order valence-corrected chi connectivity index (χ4v) is 3.44. The Balaban J connectivity index is 1.64. The first-order valence-corrected chi connectivity index (χ1v) is 8.92. The number of hydrogen-bond acceptors (Lipinski definition) is 5. The SMILES string of the molecule is Cc1c(C(=O)NCc2csc(Cc3ccccc3)n2)cccc1[N+](=O)[O-]. The number of nitro groups is 1. The molecule has 3 aromatic rings. The van der Waals surface area contributed by atoms with Crippen LogP contribution in [0.5, 0.6) is 0 Å². The summed E-state index contributed by atoms with van der Waals surface area (Å²) in [6, 6.07) is 14.5. The van der Waals surface area contributed by atoms with E-state index in [1.54, 1.807) is 24.3 Å². The number of hydrogen-bond donors (Lipinski definition) is 1. The van der Waals surface area contributed by atoms with Crippen molar-refractivity contribution in [2.24, 2.45) is 0 Å². The van der Waals surface area contributed by atoms with Gasteiger partial charge in [0.2, 0.25) is 0 Å². The lowest BCUT2D eigenvalue weighted by Crippen LogP contribution is -2.24. The molecule has 0 radical (unpaired) electrons. The van der Waals surface area contributed by atoms with Gasteiger partial charge >= 0.3 is 0 Å². The minimum atomic E-state index is -0.484. The van der Waals surface area contributed by atoms with Crippen LogP contribution in [0.3, 0.4) is 0 Å². The molecular weight excluding hydrogens is 350 g/mol. The van der Waals surface area contributed by atoms with Crippen molar-refractivity contribution in [3.8, 4) is 0 Å². The number of nitrogens with zero attached hydrogens (tertiary/aromatic N) is 2. The number of rotatable bonds is 6. The third-order valence-corrected chi connectivity index (χ3v) is 4.87. The van der Waals surface area contributed by atoms with Gasteiger partial charge in [0.25, 0.3) is 11.6 Å². The molecule has 7 heteroatoms. The number of carbonyl (C=O) groups is 1. The van der Waals surface area contributed by atoms with Crippen LogP contribution in [-0.2, 0) is 13.0 Å². The van der Waals surface area contributed by atoms with Crippen LogP contribution in [-0.4, -0.2) is 15.8 Å². The first-order valence-electron chi connectivity index (χ1n) is 8.04. The van der Waals surface area contributed by atoms with Crippen LogP contribution in [0.4, 0.5) is 5.69 Å². The van der Waals surface area contributed by atoms with Crippen LogP contribution in [0, 0.1) is 17.0 Å². The first-order chi connectivity index (χ1) is 12.5. The number of benzene rings is 2. The van der Waals surface area contributed by atoms with E-state index in [4.69, 9.17) is 0 Å². The summed E-state index contributed by atoms with van der Waals surface area (Å²) in [5.74, 6) is -0.344. The van der Waals surface area contributed by atoms with Crippen molar-refractivity contribution in [1.29, 1.82) is 0 Å². The number of aromatic nitrogens is 1. The zero-order chi connectivity index (χ0) is 18.5. The molecule has 26 heavy (non-hydrogen) atoms. The monoisotopic (exact) mass is 367 g/mol. The highest BCUT2D eigenvalue weighted by Crippen LogP contribution is 2.21. The van der Waals surface area contributed by atoms with Gasteiger partial charge in [0.1, 0.15) is 0 Å². The molecule has 0 aliphatic rings.